The van der Waals surface area contributed by atoms with Gasteiger partial charge in [-0.3, -0.25) is 14.9 Å². The normalized spacial score (nSPS) is 11.0. The SMILES string of the molecule is O=C(Nc1ccc(-c2nc3ccc([N+](=O)[O-])cc3[nH]2)cc1)c1c(F)c(F)c(F)c(F)c1F. The summed E-state index contributed by atoms with van der Waals surface area (Å²) in [7, 11) is 0. The van der Waals surface area contributed by atoms with Gasteiger partial charge in [-0.2, -0.15) is 0 Å². The number of hydrogen-bond donors (Lipinski definition) is 2. The number of halogens is 5. The topological polar surface area (TPSA) is 101 Å². The molecule has 0 atom stereocenters. The van der Waals surface area contributed by atoms with E-state index < -0.39 is 45.5 Å². The first kappa shape index (κ1) is 20.9. The van der Waals surface area contributed by atoms with Crippen LogP contribution in [0.1, 0.15) is 10.4 Å². The second kappa shape index (κ2) is 7.72. The molecule has 0 spiro atoms. The zero-order chi connectivity index (χ0) is 23.2. The van der Waals surface area contributed by atoms with E-state index in [0.29, 0.717) is 22.4 Å². The van der Waals surface area contributed by atoms with Crippen LogP contribution >= 0.6 is 0 Å². The number of benzene rings is 3. The number of nitrogens with zero attached hydrogens (tertiary/aromatic N) is 2. The van der Waals surface area contributed by atoms with Crippen LogP contribution in [0.4, 0.5) is 33.3 Å². The molecular formula is C20H9F5N4O3. The van der Waals surface area contributed by atoms with E-state index in [1.807, 2.05) is 0 Å². The van der Waals surface area contributed by atoms with Gasteiger partial charge in [-0.05, 0) is 30.3 Å². The van der Waals surface area contributed by atoms with Crippen LogP contribution in [-0.4, -0.2) is 20.8 Å². The number of nitro benzene ring substituents is 1. The fourth-order valence-electron chi connectivity index (χ4n) is 2.96. The summed E-state index contributed by atoms with van der Waals surface area (Å²) >= 11 is 0. The lowest BCUT2D eigenvalue weighted by molar-refractivity contribution is -0.384. The van der Waals surface area contributed by atoms with E-state index in [1.165, 1.54) is 42.5 Å². The molecule has 2 N–H and O–H groups in total. The molecule has 162 valence electrons. The van der Waals surface area contributed by atoms with Crippen molar-refractivity contribution in [2.24, 2.45) is 0 Å². The van der Waals surface area contributed by atoms with Crippen LogP contribution < -0.4 is 5.32 Å². The van der Waals surface area contributed by atoms with Gasteiger partial charge in [0.1, 0.15) is 11.4 Å². The largest absolute Gasteiger partial charge is 0.338 e. The summed E-state index contributed by atoms with van der Waals surface area (Å²) in [5.41, 5.74) is -0.344. The van der Waals surface area contributed by atoms with Crippen molar-refractivity contribution in [3.63, 3.8) is 0 Å². The lowest BCUT2D eigenvalue weighted by Crippen LogP contribution is -2.19. The number of carbonyl (C=O) groups excluding carboxylic acids is 1. The summed E-state index contributed by atoms with van der Waals surface area (Å²) in [5.74, 6) is -12.5. The van der Waals surface area contributed by atoms with Crippen LogP contribution in [0.25, 0.3) is 22.4 Å². The van der Waals surface area contributed by atoms with Gasteiger partial charge in [0, 0.05) is 23.4 Å². The third-order valence-electron chi connectivity index (χ3n) is 4.53. The van der Waals surface area contributed by atoms with Crippen LogP contribution in [0.15, 0.2) is 42.5 Å². The molecule has 1 amide bonds. The van der Waals surface area contributed by atoms with E-state index in [9.17, 15) is 36.9 Å². The molecule has 0 aliphatic carbocycles. The lowest BCUT2D eigenvalue weighted by Gasteiger charge is -2.09. The van der Waals surface area contributed by atoms with Crippen LogP contribution in [0.5, 0.6) is 0 Å². The number of imidazole rings is 1. The smallest absolute Gasteiger partial charge is 0.271 e. The molecular weight excluding hydrogens is 439 g/mol. The Morgan fingerprint density at radius 3 is 2.09 bits per heavy atom. The van der Waals surface area contributed by atoms with Gasteiger partial charge < -0.3 is 10.3 Å². The number of nitrogens with one attached hydrogen (secondary N) is 2. The Labute approximate surface area is 174 Å². The highest BCUT2D eigenvalue weighted by atomic mass is 19.2. The van der Waals surface area contributed by atoms with E-state index in [1.54, 1.807) is 0 Å². The maximum atomic E-state index is 13.8. The number of aromatic amines is 1. The van der Waals surface area contributed by atoms with Crippen LogP contribution in [0.2, 0.25) is 0 Å². The van der Waals surface area contributed by atoms with Crippen molar-refractivity contribution in [1.29, 1.82) is 0 Å². The summed E-state index contributed by atoms with van der Waals surface area (Å²) in [6.07, 6.45) is 0. The summed E-state index contributed by atoms with van der Waals surface area (Å²) in [4.78, 5) is 29.6. The highest BCUT2D eigenvalue weighted by Crippen LogP contribution is 2.26. The molecule has 4 rings (SSSR count). The van der Waals surface area contributed by atoms with E-state index in [-0.39, 0.29) is 11.4 Å². The Bertz CT molecular complexity index is 1370. The van der Waals surface area contributed by atoms with Gasteiger partial charge >= 0.3 is 0 Å². The Kier molecular flexibility index (Phi) is 5.04. The molecule has 1 aromatic heterocycles. The number of non-ortho nitro benzene ring substituents is 1. The van der Waals surface area contributed by atoms with Gasteiger partial charge in [-0.15, -0.1) is 0 Å². The quantitative estimate of drug-likeness (QED) is 0.149. The number of aromatic nitrogens is 2. The molecule has 1 heterocycles. The lowest BCUT2D eigenvalue weighted by atomic mass is 10.1. The van der Waals surface area contributed by atoms with Crippen molar-refractivity contribution in [3.8, 4) is 11.4 Å². The molecule has 4 aromatic rings. The summed E-state index contributed by atoms with van der Waals surface area (Å²) < 4.78 is 67.3. The Balaban J connectivity index is 1.59. The molecule has 7 nitrogen and oxygen atoms in total. The van der Waals surface area contributed by atoms with Crippen LogP contribution in [0, 0.1) is 39.2 Å². The van der Waals surface area contributed by atoms with E-state index >= 15 is 0 Å². The number of fused-ring (bicyclic) bond motifs is 1. The number of nitro groups is 1. The van der Waals surface area contributed by atoms with Gasteiger partial charge in [-0.1, -0.05) is 0 Å². The molecule has 0 aliphatic heterocycles. The van der Waals surface area contributed by atoms with E-state index in [2.05, 4.69) is 15.3 Å². The van der Waals surface area contributed by atoms with Crippen molar-refractivity contribution < 1.29 is 31.7 Å². The van der Waals surface area contributed by atoms with Gasteiger partial charge in [0.05, 0.1) is 16.0 Å². The van der Waals surface area contributed by atoms with Crippen molar-refractivity contribution in [3.05, 3.63) is 87.2 Å². The van der Waals surface area contributed by atoms with Crippen molar-refractivity contribution in [2.45, 2.75) is 0 Å². The number of rotatable bonds is 4. The molecule has 0 radical (unpaired) electrons. The average Bonchev–Trinajstić information content (AvgIpc) is 3.20. The molecule has 0 aliphatic rings. The third-order valence-corrected chi connectivity index (χ3v) is 4.53. The summed E-state index contributed by atoms with van der Waals surface area (Å²) in [6, 6.07) is 9.62. The van der Waals surface area contributed by atoms with Crippen molar-refractivity contribution >= 4 is 28.3 Å². The number of hydrogen-bond acceptors (Lipinski definition) is 4. The first-order valence-corrected chi connectivity index (χ1v) is 8.74. The Morgan fingerprint density at radius 1 is 0.906 bits per heavy atom. The summed E-state index contributed by atoms with van der Waals surface area (Å²) in [6.45, 7) is 0. The van der Waals surface area contributed by atoms with Gasteiger partial charge in [0.2, 0.25) is 5.82 Å². The molecule has 0 fully saturated rings. The first-order chi connectivity index (χ1) is 15.2. The standard InChI is InChI=1S/C20H9F5N4O3/c21-14-13(15(22)17(24)18(25)16(14)23)20(30)26-9-3-1-8(2-4-9)19-27-11-6-5-10(29(31)32)7-12(11)28-19/h1-7H,(H,26,30)(H,27,28). The zero-order valence-electron chi connectivity index (χ0n) is 15.6. The zero-order valence-corrected chi connectivity index (χ0v) is 15.6. The summed E-state index contributed by atoms with van der Waals surface area (Å²) in [5, 5.41) is 12.9. The molecule has 0 unspecified atom stereocenters. The van der Waals surface area contributed by atoms with Crippen LogP contribution in [-0.2, 0) is 0 Å². The number of carbonyl (C=O) groups is 1. The minimum Gasteiger partial charge on any atom is -0.338 e. The highest BCUT2D eigenvalue weighted by Gasteiger charge is 2.29. The maximum absolute atomic E-state index is 13.8. The second-order valence-corrected chi connectivity index (χ2v) is 6.52. The number of anilines is 1. The Hall–Kier alpha value is -4.35. The average molecular weight is 448 g/mol. The molecule has 3 aromatic carbocycles. The minimum absolute atomic E-state index is 0.00874. The van der Waals surface area contributed by atoms with Gasteiger partial charge in [0.25, 0.3) is 11.6 Å². The van der Waals surface area contributed by atoms with Crippen LogP contribution in [0.3, 0.4) is 0 Å². The number of H-pyrrole nitrogens is 1. The van der Waals surface area contributed by atoms with Gasteiger partial charge in [-0.25, -0.2) is 26.9 Å². The maximum Gasteiger partial charge on any atom is 0.271 e. The molecule has 0 saturated heterocycles. The predicted molar refractivity (Wildman–Crippen MR) is 102 cm³/mol. The van der Waals surface area contributed by atoms with Gasteiger partial charge in [0.15, 0.2) is 23.3 Å². The third kappa shape index (κ3) is 3.51. The predicted octanol–water partition coefficient (Wildman–Crippen LogP) is 5.09. The number of amides is 1. The van der Waals surface area contributed by atoms with Crippen molar-refractivity contribution in [2.75, 3.05) is 5.32 Å². The highest BCUT2D eigenvalue weighted by molar-refractivity contribution is 6.04. The van der Waals surface area contributed by atoms with Crippen molar-refractivity contribution in [1.82, 2.24) is 9.97 Å². The minimum atomic E-state index is -2.36. The Morgan fingerprint density at radius 2 is 1.50 bits per heavy atom. The molecule has 0 saturated carbocycles. The van der Waals surface area contributed by atoms with E-state index in [4.69, 9.17) is 0 Å². The molecule has 32 heavy (non-hydrogen) atoms. The van der Waals surface area contributed by atoms with E-state index in [0.717, 1.165) is 0 Å². The monoisotopic (exact) mass is 448 g/mol. The fraction of sp³-hybridized carbons (Fsp3) is 0. The fourth-order valence-corrected chi connectivity index (χ4v) is 2.96. The molecule has 12 heteroatoms. The molecule has 0 bridgehead atoms. The first-order valence-electron chi connectivity index (χ1n) is 8.74. The second-order valence-electron chi connectivity index (χ2n) is 6.52.